The first-order valence-corrected chi connectivity index (χ1v) is 22.2. The van der Waals surface area contributed by atoms with Crippen molar-refractivity contribution in [3.63, 3.8) is 0 Å². The summed E-state index contributed by atoms with van der Waals surface area (Å²) in [4.78, 5) is 0. The zero-order valence-electron chi connectivity index (χ0n) is 36.4. The molecule has 4 aromatic carbocycles. The Morgan fingerprint density at radius 1 is 0.691 bits per heavy atom. The van der Waals surface area contributed by atoms with Gasteiger partial charge in [-0.15, -0.1) is 0 Å². The van der Waals surface area contributed by atoms with Crippen molar-refractivity contribution < 1.29 is 0 Å². The van der Waals surface area contributed by atoms with Gasteiger partial charge in [-0.25, -0.2) is 0 Å². The summed E-state index contributed by atoms with van der Waals surface area (Å²) in [6.07, 6.45) is 13.8. The van der Waals surface area contributed by atoms with E-state index in [-0.39, 0.29) is 22.3 Å². The molecule has 55 heavy (non-hydrogen) atoms. The van der Waals surface area contributed by atoms with Crippen LogP contribution in [0.2, 0.25) is 0 Å². The largest absolute Gasteiger partial charge is 0.385 e. The highest BCUT2D eigenvalue weighted by Crippen LogP contribution is 2.56. The van der Waals surface area contributed by atoms with Crippen LogP contribution in [0.3, 0.4) is 0 Å². The number of fused-ring (bicyclic) bond motifs is 4. The molecule has 4 aromatic rings. The van der Waals surface area contributed by atoms with Gasteiger partial charge in [0.15, 0.2) is 0 Å². The van der Waals surface area contributed by atoms with E-state index < -0.39 is 0 Å². The third kappa shape index (κ3) is 8.96. The monoisotopic (exact) mass is 739 g/mol. The Hall–Kier alpha value is -3.36. The molecule has 0 saturated heterocycles. The van der Waals surface area contributed by atoms with Crippen LogP contribution in [0.1, 0.15) is 195 Å². The van der Waals surface area contributed by atoms with Gasteiger partial charge in [0, 0.05) is 23.7 Å². The predicted molar refractivity (Wildman–Crippen MR) is 240 cm³/mol. The summed E-state index contributed by atoms with van der Waals surface area (Å²) in [7, 11) is 0. The van der Waals surface area contributed by atoms with Gasteiger partial charge < -0.3 is 11.1 Å². The number of aryl methyl sites for hydroxylation is 2. The van der Waals surface area contributed by atoms with E-state index in [1.54, 1.807) is 11.1 Å². The first kappa shape index (κ1) is 41.3. The van der Waals surface area contributed by atoms with Crippen LogP contribution >= 0.6 is 0 Å². The molecule has 2 heteroatoms. The van der Waals surface area contributed by atoms with Gasteiger partial charge in [0.05, 0.1) is 0 Å². The Balaban J connectivity index is 1.55. The molecule has 2 aliphatic carbocycles. The minimum atomic E-state index is 0.00256. The highest BCUT2D eigenvalue weighted by molar-refractivity contribution is 5.78. The van der Waals surface area contributed by atoms with E-state index in [0.717, 1.165) is 38.6 Å². The van der Waals surface area contributed by atoms with E-state index in [1.807, 2.05) is 0 Å². The molecule has 296 valence electrons. The topological polar surface area (TPSA) is 38.0 Å². The third-order valence-electron chi connectivity index (χ3n) is 13.4. The average Bonchev–Trinajstić information content (AvgIpc) is 3.15. The standard InChI is InChI=1S/C53H74N2/c1-11-15-28-55-44-26-24-39(25-27-44)42-19-16-18-41(38-20-22-40(23-21-38)50(54)17-12-2)33-53(34-42)35-43-31-47(51(5,6)7)36(13-3)29-45(43)46-30-37(14-4)48(32-49(46)53)52(8,9)10/h20-27,29-32,41-42,50,55H,11-19,28,33-35,54H2,1-10H3. The highest BCUT2D eigenvalue weighted by Gasteiger charge is 2.45. The van der Waals surface area contributed by atoms with Crippen molar-refractivity contribution in [2.24, 2.45) is 5.73 Å². The first-order chi connectivity index (χ1) is 26.2. The van der Waals surface area contributed by atoms with Crippen molar-refractivity contribution >= 4 is 5.69 Å². The lowest BCUT2D eigenvalue weighted by atomic mass is 9.56. The normalized spacial score (nSPS) is 20.7. The van der Waals surface area contributed by atoms with E-state index in [4.69, 9.17) is 5.73 Å². The SMILES string of the molecule is CCCCNc1ccc(C2CCCC(c3ccc(C(N)CCC)cc3)CC3(Cc4cc(C(C)(C)C)c(CC)cc4-c4cc(CC)c(C(C)(C)C)cc43)C2)cc1. The second-order valence-electron chi connectivity index (χ2n) is 19.6. The highest BCUT2D eigenvalue weighted by atomic mass is 14.9. The summed E-state index contributed by atoms with van der Waals surface area (Å²) >= 11 is 0. The molecule has 0 amide bonds. The van der Waals surface area contributed by atoms with Gasteiger partial charge in [-0.1, -0.05) is 149 Å². The Labute approximate surface area is 336 Å². The molecular weight excluding hydrogens is 665 g/mol. The number of benzene rings is 4. The van der Waals surface area contributed by atoms with Crippen LogP contribution in [-0.4, -0.2) is 6.54 Å². The van der Waals surface area contributed by atoms with Crippen molar-refractivity contribution in [1.29, 1.82) is 0 Å². The van der Waals surface area contributed by atoms with Gasteiger partial charge in [-0.3, -0.25) is 0 Å². The maximum atomic E-state index is 6.63. The van der Waals surface area contributed by atoms with Gasteiger partial charge in [0.25, 0.3) is 0 Å². The smallest absolute Gasteiger partial charge is 0.0340 e. The molecule has 0 radical (unpaired) electrons. The zero-order valence-corrected chi connectivity index (χ0v) is 36.4. The summed E-state index contributed by atoms with van der Waals surface area (Å²) < 4.78 is 0. The number of hydrogen-bond acceptors (Lipinski definition) is 2. The van der Waals surface area contributed by atoms with E-state index in [2.05, 4.69) is 147 Å². The van der Waals surface area contributed by atoms with Gasteiger partial charge >= 0.3 is 0 Å². The second kappa shape index (κ2) is 17.0. The molecule has 1 fully saturated rings. The van der Waals surface area contributed by atoms with E-state index in [9.17, 15) is 0 Å². The van der Waals surface area contributed by atoms with E-state index in [1.165, 1.54) is 101 Å². The van der Waals surface area contributed by atoms with Crippen molar-refractivity contribution in [3.8, 4) is 11.1 Å². The molecule has 1 spiro atoms. The quantitative estimate of drug-likeness (QED) is 0.150. The Bertz CT molecular complexity index is 1880. The maximum Gasteiger partial charge on any atom is 0.0340 e. The Morgan fingerprint density at radius 3 is 1.76 bits per heavy atom. The lowest BCUT2D eigenvalue weighted by Crippen LogP contribution is -2.38. The molecule has 0 aliphatic heterocycles. The summed E-state index contributed by atoms with van der Waals surface area (Å²) in [5.41, 5.74) is 24.6. The molecule has 3 N–H and O–H groups in total. The number of unbranched alkanes of at least 4 members (excludes halogenated alkanes) is 1. The van der Waals surface area contributed by atoms with Gasteiger partial charge in [0.2, 0.25) is 0 Å². The molecule has 0 heterocycles. The van der Waals surface area contributed by atoms with Crippen LogP contribution in [0.5, 0.6) is 0 Å². The van der Waals surface area contributed by atoms with Crippen molar-refractivity contribution in [1.82, 2.24) is 0 Å². The minimum absolute atomic E-state index is 0.00256. The predicted octanol–water partition coefficient (Wildman–Crippen LogP) is 14.4. The van der Waals surface area contributed by atoms with Crippen LogP contribution in [0.4, 0.5) is 5.69 Å². The molecule has 0 aromatic heterocycles. The van der Waals surface area contributed by atoms with Gasteiger partial charge in [-0.2, -0.15) is 0 Å². The molecule has 6 rings (SSSR count). The van der Waals surface area contributed by atoms with Crippen LogP contribution in [0.15, 0.2) is 72.8 Å². The third-order valence-corrected chi connectivity index (χ3v) is 13.4. The first-order valence-electron chi connectivity index (χ1n) is 22.2. The number of anilines is 1. The second-order valence-corrected chi connectivity index (χ2v) is 19.6. The molecule has 0 bridgehead atoms. The Morgan fingerprint density at radius 2 is 1.24 bits per heavy atom. The minimum Gasteiger partial charge on any atom is -0.385 e. The summed E-state index contributed by atoms with van der Waals surface area (Å²) in [5.74, 6) is 1.01. The summed E-state index contributed by atoms with van der Waals surface area (Å²) in [6.45, 7) is 24.7. The van der Waals surface area contributed by atoms with Crippen molar-refractivity contribution in [3.05, 3.63) is 123 Å². The fourth-order valence-corrected chi connectivity index (χ4v) is 10.4. The molecule has 2 aliphatic rings. The van der Waals surface area contributed by atoms with Crippen LogP contribution in [-0.2, 0) is 35.5 Å². The maximum absolute atomic E-state index is 6.63. The molecule has 4 unspecified atom stereocenters. The molecule has 1 saturated carbocycles. The van der Waals surface area contributed by atoms with Gasteiger partial charge in [0.1, 0.15) is 0 Å². The number of nitrogens with two attached hydrogens (primary N) is 1. The number of hydrogen-bond donors (Lipinski definition) is 2. The van der Waals surface area contributed by atoms with Crippen LogP contribution < -0.4 is 11.1 Å². The molecular formula is C53H74N2. The summed E-state index contributed by atoms with van der Waals surface area (Å²) in [6, 6.07) is 29.9. The van der Waals surface area contributed by atoms with E-state index in [0.29, 0.717) is 11.8 Å². The Kier molecular flexibility index (Phi) is 12.8. The van der Waals surface area contributed by atoms with Gasteiger partial charge in [-0.05, 0) is 154 Å². The number of rotatable bonds is 11. The zero-order chi connectivity index (χ0) is 39.5. The lowest BCUT2D eigenvalue weighted by Gasteiger charge is -2.47. The fraction of sp³-hybridized carbons (Fsp3) is 0.547. The van der Waals surface area contributed by atoms with E-state index >= 15 is 0 Å². The molecule has 4 atom stereocenters. The molecule has 2 nitrogen and oxygen atoms in total. The van der Waals surface area contributed by atoms with Crippen molar-refractivity contribution in [2.45, 2.75) is 180 Å². The van der Waals surface area contributed by atoms with Crippen molar-refractivity contribution in [2.75, 3.05) is 11.9 Å². The fourth-order valence-electron chi connectivity index (χ4n) is 10.4. The lowest BCUT2D eigenvalue weighted by molar-refractivity contribution is 0.264. The van der Waals surface area contributed by atoms with Crippen LogP contribution in [0.25, 0.3) is 11.1 Å². The average molecular weight is 739 g/mol. The number of nitrogens with one attached hydrogen (secondary N) is 1. The summed E-state index contributed by atoms with van der Waals surface area (Å²) in [5, 5.41) is 3.67. The van der Waals surface area contributed by atoms with Crippen LogP contribution in [0, 0.1) is 0 Å².